The Labute approximate surface area is 673 Å². The number of ether oxygens (including phenoxy) is 3. The van der Waals surface area contributed by atoms with E-state index in [-0.39, 0.29) is 56.8 Å². The third kappa shape index (κ3) is 24.3. The second kappa shape index (κ2) is 37.4. The fourth-order valence-corrected chi connectivity index (χ4v) is 15.2. The van der Waals surface area contributed by atoms with Crippen molar-refractivity contribution in [3.05, 3.63) is 209 Å². The van der Waals surface area contributed by atoms with Crippen molar-refractivity contribution in [2.45, 2.75) is 240 Å². The Hall–Kier alpha value is -9.48. The fourth-order valence-electron chi connectivity index (χ4n) is 14.7. The van der Waals surface area contributed by atoms with Crippen LogP contribution in [0.3, 0.4) is 0 Å². The summed E-state index contributed by atoms with van der Waals surface area (Å²) in [5.74, 6) is 5.71. The van der Waals surface area contributed by atoms with Gasteiger partial charge < -0.3 is 44.5 Å². The molecule has 0 bridgehead atoms. The Morgan fingerprint density at radius 2 is 0.732 bits per heavy atom. The number of halogens is 1. The zero-order valence-corrected chi connectivity index (χ0v) is 71.4. The molecule has 0 aliphatic carbocycles. The first-order valence-electron chi connectivity index (χ1n) is 40.2. The summed E-state index contributed by atoms with van der Waals surface area (Å²) in [5, 5.41) is 33.9. The highest BCUT2D eigenvalue weighted by Gasteiger charge is 2.28. The second-order valence-electron chi connectivity index (χ2n) is 35.1. The normalized spacial score (nSPS) is 14.2. The van der Waals surface area contributed by atoms with Crippen LogP contribution in [0.4, 0.5) is 17.5 Å². The average molecular weight is 1580 g/mol. The number of fused-ring (bicyclic) bond motifs is 3. The Bertz CT molecular complexity index is 4770. The number of nitriles is 1. The van der Waals surface area contributed by atoms with Crippen molar-refractivity contribution < 1.29 is 28.6 Å². The molecule has 0 radical (unpaired) electrons. The van der Waals surface area contributed by atoms with Crippen molar-refractivity contribution >= 4 is 50.7 Å². The van der Waals surface area contributed by atoms with Crippen molar-refractivity contribution in [1.29, 1.82) is 5.26 Å². The fraction of sp³-hybridized carbons (Fsp3) is 0.500. The highest BCUT2D eigenvalue weighted by molar-refractivity contribution is 9.10. The number of carbonyl (C=O) groups is 3. The number of nitrogens with one attached hydrogen (secondary N) is 3. The van der Waals surface area contributed by atoms with E-state index in [1.807, 2.05) is 51.5 Å². The number of rotatable bonds is 27. The van der Waals surface area contributed by atoms with Crippen LogP contribution in [-0.2, 0) is 115 Å². The summed E-state index contributed by atoms with van der Waals surface area (Å²) in [6, 6.07) is 40.5. The molecule has 9 heterocycles. The van der Waals surface area contributed by atoms with Gasteiger partial charge in [0.05, 0.1) is 48.5 Å². The Morgan fingerprint density at radius 3 is 1.04 bits per heavy atom. The van der Waals surface area contributed by atoms with Crippen molar-refractivity contribution in [3.8, 4) is 23.7 Å². The van der Waals surface area contributed by atoms with Crippen LogP contribution < -0.4 is 30.2 Å². The minimum atomic E-state index is -0.0998. The molecule has 3 aromatic carbocycles. The predicted molar refractivity (Wildman–Crippen MR) is 452 cm³/mol. The number of ketones is 3. The van der Waals surface area contributed by atoms with E-state index in [0.29, 0.717) is 76.2 Å². The number of hydrogen-bond donors (Lipinski definition) is 3. The van der Waals surface area contributed by atoms with Gasteiger partial charge in [-0.2, -0.15) is 20.6 Å². The lowest BCUT2D eigenvalue weighted by Crippen LogP contribution is -2.18. The lowest BCUT2D eigenvalue weighted by Gasteiger charge is -2.28. The maximum atomic E-state index is 12.4. The smallest absolute Gasteiger partial charge is 0.211 e. The molecule has 0 fully saturated rings. The van der Waals surface area contributed by atoms with E-state index >= 15 is 0 Å². The van der Waals surface area contributed by atoms with Gasteiger partial charge in [-0.3, -0.25) is 0 Å². The molecule has 3 aliphatic heterocycles. The maximum Gasteiger partial charge on any atom is 0.211 e. The third-order valence-corrected chi connectivity index (χ3v) is 21.6. The molecule has 0 saturated carbocycles. The van der Waals surface area contributed by atoms with Crippen LogP contribution in [0.2, 0.25) is 0 Å². The SMILES string of the molecule is CC(=O)CC(Cc1cc(OCCc2ccc3c(n2)NCCC3)n(C)n1)c1cc(Br)cc(C(C)(C)C)c1.CC(=O)CC(Cc1cc(OCCc2ccc3c(n2)NCCC3)n(C)n1)c1cc(C#N)cc(C(C)(C)C)c1.CC(=O)CC(Cc1cc(OCCc2ccc3c(n2)NCCC3)n(C)n1)c1cc(C(C)(C)C)cc(C(C)(C)C)c1. The number of anilines is 3. The number of Topliss-reactive ketones (excluding diaryl/α,β-unsaturated/α-hetero) is 3. The summed E-state index contributed by atoms with van der Waals surface area (Å²) in [6.07, 6.45) is 12.2. The molecule has 0 amide bonds. The van der Waals surface area contributed by atoms with E-state index in [2.05, 4.69) is 205 Å². The molecule has 6 aromatic heterocycles. The van der Waals surface area contributed by atoms with Crippen LogP contribution >= 0.6 is 15.9 Å². The minimum absolute atomic E-state index is 0.0196. The number of aryl methyl sites for hydroxylation is 6. The minimum Gasteiger partial charge on any atom is -0.477 e. The van der Waals surface area contributed by atoms with Crippen LogP contribution in [0.5, 0.6) is 17.6 Å². The highest BCUT2D eigenvalue weighted by Crippen LogP contribution is 2.38. The highest BCUT2D eigenvalue weighted by atomic mass is 79.9. The van der Waals surface area contributed by atoms with E-state index in [0.717, 1.165) is 156 Å². The first-order chi connectivity index (χ1) is 53.0. The quantitative estimate of drug-likeness (QED) is 0.0434. The lowest BCUT2D eigenvalue weighted by atomic mass is 9.77. The molecule has 112 heavy (non-hydrogen) atoms. The summed E-state index contributed by atoms with van der Waals surface area (Å²) >= 11 is 3.68. The van der Waals surface area contributed by atoms with Gasteiger partial charge in [-0.05, 0) is 216 Å². The van der Waals surface area contributed by atoms with Crippen molar-refractivity contribution in [2.24, 2.45) is 21.1 Å². The van der Waals surface area contributed by atoms with Crippen molar-refractivity contribution in [1.82, 2.24) is 44.3 Å². The zero-order valence-electron chi connectivity index (χ0n) is 69.8. The van der Waals surface area contributed by atoms with E-state index in [1.54, 1.807) is 34.8 Å². The van der Waals surface area contributed by atoms with Gasteiger partial charge in [0.25, 0.3) is 0 Å². The van der Waals surface area contributed by atoms with Crippen LogP contribution in [0, 0.1) is 11.3 Å². The summed E-state index contributed by atoms with van der Waals surface area (Å²) in [6.45, 7) is 36.0. The first kappa shape index (κ1) is 85.0. The summed E-state index contributed by atoms with van der Waals surface area (Å²) in [5.41, 5.74) is 18.5. The van der Waals surface area contributed by atoms with Gasteiger partial charge in [0, 0.05) is 119 Å². The monoisotopic (exact) mass is 1580 g/mol. The predicted octanol–water partition coefficient (Wildman–Crippen LogP) is 18.1. The summed E-state index contributed by atoms with van der Waals surface area (Å²) in [4.78, 5) is 50.9. The standard InChI is InChI=1S/C33H46N4O2.C30H37N5O2.C29H37BrN4O2/c1-22(38)16-24(25-17-26(32(2,3)4)20-27(18-25)33(5,6)7)19-29-21-30(37(8)36-29)39-15-13-28-12-11-23-10-9-14-34-31(23)35-28;1-20(36)13-23(24-14-21(19-31)15-25(16-24)30(2,3)4)17-27-18-28(35(5)34-27)37-12-10-26-9-8-22-7-6-11-32-29(22)33-26;1-19(35)13-21(22-14-23(29(2,3)4)17-24(30)15-22)16-26-18-27(34(5)33-26)36-12-10-25-9-8-20-7-6-11-31-28(20)32-25/h11-12,17-18,20-21,24H,9-10,13-16,19H2,1-8H3,(H,34,35);8-9,14-16,18,23H,6-7,10-13,17H2,1-5H3,(H,32,33);8-9,14-15,17-18,21H,6-7,10-13,16H2,1-5H3,(H,31,32). The largest absolute Gasteiger partial charge is 0.477 e. The van der Waals surface area contributed by atoms with Crippen molar-refractivity contribution in [2.75, 3.05) is 55.4 Å². The van der Waals surface area contributed by atoms with Crippen LogP contribution in [0.25, 0.3) is 0 Å². The molecular formula is C92H120BrN13O6. The molecule has 12 rings (SSSR count). The van der Waals surface area contributed by atoms with Gasteiger partial charge in [0.2, 0.25) is 17.6 Å². The Balaban J connectivity index is 0.000000178. The molecule has 20 heteroatoms. The molecule has 0 saturated heterocycles. The number of aromatic nitrogens is 9. The number of hydrogen-bond acceptors (Lipinski definition) is 16. The summed E-state index contributed by atoms with van der Waals surface area (Å²) < 4.78 is 24.6. The number of pyridine rings is 3. The average Bonchev–Trinajstić information content (AvgIpc) is 0.849. The lowest BCUT2D eigenvalue weighted by molar-refractivity contribution is -0.118. The van der Waals surface area contributed by atoms with E-state index in [4.69, 9.17) is 39.4 Å². The second-order valence-corrected chi connectivity index (χ2v) is 36.0. The van der Waals surface area contributed by atoms with E-state index in [1.165, 1.54) is 38.9 Å². The summed E-state index contributed by atoms with van der Waals surface area (Å²) in [7, 11) is 5.68. The molecule has 3 atom stereocenters. The third-order valence-electron chi connectivity index (χ3n) is 21.1. The molecule has 3 unspecified atom stereocenters. The topological polar surface area (TPSA) is 231 Å². The van der Waals surface area contributed by atoms with Gasteiger partial charge in [0.15, 0.2) is 0 Å². The molecule has 19 nitrogen and oxygen atoms in total. The molecular weight excluding hydrogens is 1460 g/mol. The van der Waals surface area contributed by atoms with E-state index in [9.17, 15) is 19.6 Å². The number of benzene rings is 3. The van der Waals surface area contributed by atoms with Gasteiger partial charge >= 0.3 is 0 Å². The maximum absolute atomic E-state index is 12.4. The van der Waals surface area contributed by atoms with Crippen LogP contribution in [0.15, 0.2) is 114 Å². The molecule has 0 spiro atoms. The molecule has 9 aromatic rings. The number of carbonyl (C=O) groups excluding carboxylic acids is 3. The van der Waals surface area contributed by atoms with Crippen molar-refractivity contribution in [3.63, 3.8) is 0 Å². The molecule has 596 valence electrons. The Kier molecular flexibility index (Phi) is 28.4. The first-order valence-corrected chi connectivity index (χ1v) is 41.0. The molecule has 3 aliphatic rings. The van der Waals surface area contributed by atoms with E-state index < -0.39 is 0 Å². The van der Waals surface area contributed by atoms with Gasteiger partial charge in [0.1, 0.15) is 34.8 Å². The van der Waals surface area contributed by atoms with Gasteiger partial charge in [-0.25, -0.2) is 29.0 Å². The van der Waals surface area contributed by atoms with Crippen LogP contribution in [0.1, 0.15) is 255 Å². The van der Waals surface area contributed by atoms with Gasteiger partial charge in [-0.1, -0.05) is 148 Å². The number of nitrogens with zero attached hydrogens (tertiary/aromatic N) is 10. The molecule has 3 N–H and O–H groups in total. The zero-order chi connectivity index (χ0) is 80.8. The van der Waals surface area contributed by atoms with Gasteiger partial charge in [-0.15, -0.1) is 0 Å². The Morgan fingerprint density at radius 1 is 0.429 bits per heavy atom. The van der Waals surface area contributed by atoms with Crippen LogP contribution in [-0.4, -0.2) is 101 Å².